The number of rotatable bonds is 28. The molecule has 115 heavy (non-hydrogen) atoms. The van der Waals surface area contributed by atoms with Crippen LogP contribution in [0.5, 0.6) is 0 Å². The van der Waals surface area contributed by atoms with Crippen molar-refractivity contribution in [3.8, 4) is 0 Å². The van der Waals surface area contributed by atoms with E-state index < -0.39 is 172 Å². The third-order valence-electron chi connectivity index (χ3n) is 18.5. The minimum atomic E-state index is -2.25. The number of hydrogen-bond acceptors (Lipinski definition) is 26. The van der Waals surface area contributed by atoms with Gasteiger partial charge in [0.15, 0.2) is 67.7 Å². The first kappa shape index (κ1) is 79.7. The summed E-state index contributed by atoms with van der Waals surface area (Å²) >= 11 is 0. The van der Waals surface area contributed by atoms with Gasteiger partial charge in [-0.3, -0.25) is 0 Å². The summed E-state index contributed by atoms with van der Waals surface area (Å²) in [5.74, 6) is -10.2. The van der Waals surface area contributed by atoms with Gasteiger partial charge in [0, 0.05) is 7.11 Å². The van der Waals surface area contributed by atoms with Crippen LogP contribution in [0.25, 0.3) is 0 Å². The molecule has 0 radical (unpaired) electrons. The third kappa shape index (κ3) is 20.3. The highest BCUT2D eigenvalue weighted by molar-refractivity contribution is 5.94. The van der Waals surface area contributed by atoms with Crippen LogP contribution in [-0.2, 0) is 75.8 Å². The molecule has 0 aromatic heterocycles. The van der Waals surface area contributed by atoms with Crippen molar-refractivity contribution in [3.63, 3.8) is 0 Å². The molecular weight excluding hydrogens is 1480 g/mol. The van der Waals surface area contributed by atoms with Gasteiger partial charge in [0.25, 0.3) is 0 Å². The third-order valence-corrected chi connectivity index (χ3v) is 18.5. The molecule has 0 spiro atoms. The standard InChI is InChI=1S/C89H74O26/c1-100-87-74(112-84(97)62-46-26-9-27-47-62)73(115-89-76(114-86(99)64-50-30-11-31-51-64)72(111-83(96)61-44-24-8-25-45-61)69(108-80(93)58-38-18-5-19-39-58)66(106-89)53-102-78(91)56-34-14-3-15-35-56)70(109-81(94)59-40-20-6-21-41-59)67(104-87)54-103-88-75(113-85(98)63-48-28-10-29-49-63)71(110-82(95)60-42-22-7-23-43-60)68(107-79(92)57-36-16-4-17-37-57)65(105-88)52-101-77(90)55-32-12-2-13-33-55/h2-51,65-76,87-89H,52-54H2,1H3/t65-,66-,67-,68-,69-,70-,71+,72+,73+,74+,75+,76+,87+,88+,89-/m1/s1. The van der Waals surface area contributed by atoms with E-state index >= 15 is 9.59 Å². The Morgan fingerprint density at radius 1 is 0.217 bits per heavy atom. The summed E-state index contributed by atoms with van der Waals surface area (Å²) in [6, 6.07) is 76.3. The van der Waals surface area contributed by atoms with Crippen LogP contribution in [0, 0.1) is 0 Å². The van der Waals surface area contributed by atoms with Crippen LogP contribution in [-0.4, -0.2) is 179 Å². The molecule has 3 aliphatic rings. The summed E-state index contributed by atoms with van der Waals surface area (Å²) in [6.45, 7) is -2.57. The fourth-order valence-corrected chi connectivity index (χ4v) is 12.8. The molecule has 10 aromatic carbocycles. The molecule has 0 N–H and O–H groups in total. The zero-order chi connectivity index (χ0) is 80.0. The Hall–Kier alpha value is -13.3. The van der Waals surface area contributed by atoms with Crippen LogP contribution in [0.1, 0.15) is 104 Å². The first-order valence-corrected chi connectivity index (χ1v) is 36.4. The van der Waals surface area contributed by atoms with Gasteiger partial charge in [0.1, 0.15) is 37.6 Å². The molecule has 26 heteroatoms. The number of esters is 10. The van der Waals surface area contributed by atoms with Crippen LogP contribution >= 0.6 is 0 Å². The Bertz CT molecular complexity index is 4920. The molecule has 0 bridgehead atoms. The van der Waals surface area contributed by atoms with Crippen molar-refractivity contribution in [3.05, 3.63) is 359 Å². The first-order chi connectivity index (χ1) is 56.1. The molecule has 3 saturated heterocycles. The second-order valence-electron chi connectivity index (χ2n) is 26.1. The van der Waals surface area contributed by atoms with E-state index in [-0.39, 0.29) is 55.6 Å². The van der Waals surface area contributed by atoms with Gasteiger partial charge in [-0.1, -0.05) is 182 Å². The Kier molecular flexibility index (Phi) is 26.9. The van der Waals surface area contributed by atoms with Crippen molar-refractivity contribution in [2.24, 2.45) is 0 Å². The van der Waals surface area contributed by atoms with E-state index in [9.17, 15) is 38.4 Å². The largest absolute Gasteiger partial charge is 0.459 e. The number of hydrogen-bond donors (Lipinski definition) is 0. The van der Waals surface area contributed by atoms with Gasteiger partial charge in [0.05, 0.1) is 62.2 Å². The maximum Gasteiger partial charge on any atom is 0.338 e. The van der Waals surface area contributed by atoms with E-state index in [4.69, 9.17) is 75.8 Å². The molecule has 3 fully saturated rings. The van der Waals surface area contributed by atoms with Crippen molar-refractivity contribution in [1.29, 1.82) is 0 Å². The Balaban J connectivity index is 0.960. The number of carbonyl (C=O) groups excluding carboxylic acids is 10. The van der Waals surface area contributed by atoms with Crippen LogP contribution in [0.15, 0.2) is 303 Å². The molecule has 586 valence electrons. The maximum absolute atomic E-state index is 15.2. The van der Waals surface area contributed by atoms with Crippen LogP contribution < -0.4 is 0 Å². The van der Waals surface area contributed by atoms with Crippen molar-refractivity contribution >= 4 is 59.7 Å². The highest BCUT2D eigenvalue weighted by Crippen LogP contribution is 2.39. The zero-order valence-electron chi connectivity index (χ0n) is 61.3. The van der Waals surface area contributed by atoms with Crippen molar-refractivity contribution in [1.82, 2.24) is 0 Å². The summed E-state index contributed by atoms with van der Waals surface area (Å²) < 4.78 is 104. The predicted molar refractivity (Wildman–Crippen MR) is 402 cm³/mol. The van der Waals surface area contributed by atoms with Crippen molar-refractivity contribution in [2.45, 2.75) is 92.1 Å². The lowest BCUT2D eigenvalue weighted by molar-refractivity contribution is -0.361. The van der Waals surface area contributed by atoms with E-state index in [0.717, 1.165) is 7.11 Å². The second-order valence-corrected chi connectivity index (χ2v) is 26.1. The zero-order valence-corrected chi connectivity index (χ0v) is 61.3. The smallest absolute Gasteiger partial charge is 0.338 e. The summed E-state index contributed by atoms with van der Waals surface area (Å²) in [7, 11) is 1.16. The predicted octanol–water partition coefficient (Wildman–Crippen LogP) is 11.7. The molecule has 15 atom stereocenters. The van der Waals surface area contributed by atoms with Gasteiger partial charge >= 0.3 is 59.7 Å². The van der Waals surface area contributed by atoms with Gasteiger partial charge in [-0.05, 0) is 121 Å². The van der Waals surface area contributed by atoms with Gasteiger partial charge in [0.2, 0.25) is 0 Å². The molecule has 0 unspecified atom stereocenters. The summed E-state index contributed by atoms with van der Waals surface area (Å²) in [5, 5.41) is 0. The average molecular weight is 1560 g/mol. The Morgan fingerprint density at radius 3 is 0.670 bits per heavy atom. The van der Waals surface area contributed by atoms with E-state index in [1.807, 2.05) is 0 Å². The lowest BCUT2D eigenvalue weighted by Crippen LogP contribution is -2.68. The molecule has 10 aromatic rings. The average Bonchev–Trinajstić information content (AvgIpc) is 0.763. The fourth-order valence-electron chi connectivity index (χ4n) is 12.8. The van der Waals surface area contributed by atoms with Crippen LogP contribution in [0.2, 0.25) is 0 Å². The Morgan fingerprint density at radius 2 is 0.409 bits per heavy atom. The highest BCUT2D eigenvalue weighted by atomic mass is 16.8. The van der Waals surface area contributed by atoms with Crippen molar-refractivity contribution < 1.29 is 124 Å². The van der Waals surface area contributed by atoms with Crippen LogP contribution in [0.3, 0.4) is 0 Å². The lowest BCUT2D eigenvalue weighted by atomic mass is 9.95. The van der Waals surface area contributed by atoms with Gasteiger partial charge < -0.3 is 75.8 Å². The van der Waals surface area contributed by atoms with E-state index in [1.165, 1.54) is 146 Å². The molecule has 26 nitrogen and oxygen atoms in total. The number of ether oxygens (including phenoxy) is 16. The maximum atomic E-state index is 15.2. The minimum Gasteiger partial charge on any atom is -0.459 e. The minimum absolute atomic E-state index is 0.00554. The number of carbonyl (C=O) groups is 10. The highest BCUT2D eigenvalue weighted by Gasteiger charge is 2.60. The normalized spacial score (nSPS) is 22.8. The van der Waals surface area contributed by atoms with E-state index in [0.29, 0.717) is 0 Å². The molecule has 0 saturated carbocycles. The summed E-state index contributed by atoms with van der Waals surface area (Å²) in [4.78, 5) is 147. The second kappa shape index (κ2) is 38.7. The molecule has 0 aliphatic carbocycles. The van der Waals surface area contributed by atoms with Gasteiger partial charge in [-0.2, -0.15) is 0 Å². The lowest BCUT2D eigenvalue weighted by Gasteiger charge is -2.49. The molecular formula is C89H74O26. The number of benzene rings is 10. The van der Waals surface area contributed by atoms with E-state index in [2.05, 4.69) is 0 Å². The molecule has 3 heterocycles. The van der Waals surface area contributed by atoms with E-state index in [1.54, 1.807) is 158 Å². The fraction of sp³-hybridized carbons (Fsp3) is 0.213. The van der Waals surface area contributed by atoms with Crippen molar-refractivity contribution in [2.75, 3.05) is 26.9 Å². The Labute approximate surface area is 658 Å². The molecule has 3 aliphatic heterocycles. The SMILES string of the molecule is CO[C@H]1O[C@H](CO[C@H]2O[C@H](COC(=O)c3ccccc3)[C@@H](OC(=O)c3ccccc3)[C@H](OC(=O)c3ccccc3)[C@@H]2OC(=O)c2ccccc2)[C@@H](OC(=O)c2ccccc2)[C@H](O[C@H]2O[C@H](COC(=O)c3ccccc3)[C@@H](OC(=O)c3ccccc3)[C@H](OC(=O)c3ccccc3)[C@@H]2OC(=O)c2ccccc2)[C@@H]1OC(=O)c1ccccc1. The topological polar surface area (TPSA) is 318 Å². The summed E-state index contributed by atoms with van der Waals surface area (Å²) in [6.07, 6.45) is -29.6. The number of methoxy groups -OCH3 is 1. The summed E-state index contributed by atoms with van der Waals surface area (Å²) in [5.41, 5.74) is -0.183. The molecule has 0 amide bonds. The monoisotopic (exact) mass is 1560 g/mol. The first-order valence-electron chi connectivity index (χ1n) is 36.4. The van der Waals surface area contributed by atoms with Gasteiger partial charge in [-0.25, -0.2) is 47.9 Å². The quantitative estimate of drug-likeness (QED) is 0.0325. The van der Waals surface area contributed by atoms with Crippen LogP contribution in [0.4, 0.5) is 0 Å². The van der Waals surface area contributed by atoms with Gasteiger partial charge in [-0.15, -0.1) is 0 Å². The molecule has 13 rings (SSSR count).